The van der Waals surface area contributed by atoms with E-state index < -0.39 is 0 Å². The lowest BCUT2D eigenvalue weighted by atomic mass is 10.4. The Balaban J connectivity index is 1.92. The first-order valence-corrected chi connectivity index (χ1v) is 6.95. The average molecular weight is 284 g/mol. The number of nitrogens with zero attached hydrogens (tertiary/aromatic N) is 3. The lowest BCUT2D eigenvalue weighted by molar-refractivity contribution is -0.115. The molecular weight excluding hydrogens is 272 g/mol. The third-order valence-electron chi connectivity index (χ3n) is 2.03. The van der Waals surface area contributed by atoms with Crippen LogP contribution in [0.2, 0.25) is 0 Å². The number of aromatic nitrogens is 3. The lowest BCUT2D eigenvalue weighted by Crippen LogP contribution is -2.22. The monoisotopic (exact) mass is 284 g/mol. The van der Waals surface area contributed by atoms with Gasteiger partial charge in [-0.15, -0.1) is 10.2 Å². The molecular formula is C10H12N4O2S2. The number of carbonyl (C=O) groups excluding carboxylic acids is 1. The summed E-state index contributed by atoms with van der Waals surface area (Å²) < 4.78 is 5.70. The Morgan fingerprint density at radius 2 is 2.28 bits per heavy atom. The number of thioether (sulfide) groups is 1. The van der Waals surface area contributed by atoms with Gasteiger partial charge in [-0.25, -0.2) is 0 Å². The summed E-state index contributed by atoms with van der Waals surface area (Å²) in [5.41, 5.74) is 0.727. The quantitative estimate of drug-likeness (QED) is 0.867. The summed E-state index contributed by atoms with van der Waals surface area (Å²) in [6.07, 6.45) is 0. The molecule has 2 aromatic heterocycles. The van der Waals surface area contributed by atoms with Crippen LogP contribution >= 0.6 is 23.1 Å². The second-order valence-corrected chi connectivity index (χ2v) is 6.44. The highest BCUT2D eigenvalue weighted by atomic mass is 32.2. The van der Waals surface area contributed by atoms with Crippen LogP contribution in [0.1, 0.15) is 17.6 Å². The number of aryl methyl sites for hydroxylation is 2. The molecule has 0 aromatic carbocycles. The molecule has 0 bridgehead atoms. The number of carbonyl (C=O) groups is 1. The maximum Gasteiger partial charge on any atom is 0.240 e. The van der Waals surface area contributed by atoms with Crippen LogP contribution in [0.4, 0.5) is 5.88 Å². The zero-order valence-electron chi connectivity index (χ0n) is 10.1. The van der Waals surface area contributed by atoms with E-state index in [4.69, 9.17) is 4.52 Å². The van der Waals surface area contributed by atoms with Crippen molar-refractivity contribution in [2.45, 2.75) is 30.4 Å². The van der Waals surface area contributed by atoms with E-state index in [1.807, 2.05) is 6.92 Å². The molecule has 0 spiro atoms. The molecule has 0 fully saturated rings. The Kier molecular flexibility index (Phi) is 3.97. The maximum absolute atomic E-state index is 11.9. The predicted octanol–water partition coefficient (Wildman–Crippen LogP) is 2.26. The van der Waals surface area contributed by atoms with Crippen LogP contribution in [0.5, 0.6) is 0 Å². The van der Waals surface area contributed by atoms with Gasteiger partial charge >= 0.3 is 0 Å². The molecule has 1 amide bonds. The van der Waals surface area contributed by atoms with Gasteiger partial charge < -0.3 is 4.52 Å². The van der Waals surface area contributed by atoms with E-state index in [0.29, 0.717) is 5.88 Å². The van der Waals surface area contributed by atoms with Crippen molar-refractivity contribution in [2.75, 3.05) is 5.32 Å². The summed E-state index contributed by atoms with van der Waals surface area (Å²) in [6, 6.07) is 1.67. The number of hydrogen-bond acceptors (Lipinski definition) is 7. The van der Waals surface area contributed by atoms with Gasteiger partial charge in [0.2, 0.25) is 11.8 Å². The minimum Gasteiger partial charge on any atom is -0.338 e. The lowest BCUT2D eigenvalue weighted by Gasteiger charge is -2.07. The molecule has 0 aliphatic rings. The fourth-order valence-corrected chi connectivity index (χ4v) is 3.14. The third-order valence-corrected chi connectivity index (χ3v) is 4.05. The van der Waals surface area contributed by atoms with E-state index in [-0.39, 0.29) is 11.2 Å². The van der Waals surface area contributed by atoms with Crippen LogP contribution in [-0.4, -0.2) is 26.5 Å². The van der Waals surface area contributed by atoms with Gasteiger partial charge in [0.05, 0.1) is 10.9 Å². The number of rotatable bonds is 4. The van der Waals surface area contributed by atoms with E-state index in [1.165, 1.54) is 23.1 Å². The highest BCUT2D eigenvalue weighted by molar-refractivity contribution is 8.02. The van der Waals surface area contributed by atoms with Crippen molar-refractivity contribution in [2.24, 2.45) is 0 Å². The summed E-state index contributed by atoms with van der Waals surface area (Å²) in [7, 11) is 0. The van der Waals surface area contributed by atoms with Crippen molar-refractivity contribution in [3.63, 3.8) is 0 Å². The van der Waals surface area contributed by atoms with Crippen molar-refractivity contribution in [3.8, 4) is 0 Å². The van der Waals surface area contributed by atoms with Gasteiger partial charge in [0.15, 0.2) is 4.34 Å². The van der Waals surface area contributed by atoms with E-state index in [9.17, 15) is 4.79 Å². The summed E-state index contributed by atoms with van der Waals surface area (Å²) in [5, 5.41) is 14.8. The Bertz CT molecular complexity index is 552. The first kappa shape index (κ1) is 13.0. The van der Waals surface area contributed by atoms with Gasteiger partial charge in [-0.3, -0.25) is 10.1 Å². The second-order valence-electron chi connectivity index (χ2n) is 3.67. The van der Waals surface area contributed by atoms with Gasteiger partial charge in [0.25, 0.3) is 0 Å². The predicted molar refractivity (Wildman–Crippen MR) is 69.8 cm³/mol. The van der Waals surface area contributed by atoms with Crippen molar-refractivity contribution in [1.82, 2.24) is 15.4 Å². The smallest absolute Gasteiger partial charge is 0.240 e. The first-order chi connectivity index (χ1) is 8.54. The highest BCUT2D eigenvalue weighted by Crippen LogP contribution is 2.26. The van der Waals surface area contributed by atoms with E-state index in [2.05, 4.69) is 20.7 Å². The molecule has 0 saturated heterocycles. The van der Waals surface area contributed by atoms with Gasteiger partial charge in [-0.2, -0.15) is 0 Å². The summed E-state index contributed by atoms with van der Waals surface area (Å²) in [4.78, 5) is 11.9. The molecule has 8 heteroatoms. The van der Waals surface area contributed by atoms with Crippen LogP contribution in [0, 0.1) is 13.8 Å². The molecule has 2 heterocycles. The minimum absolute atomic E-state index is 0.149. The Hall–Kier alpha value is -1.41. The molecule has 2 rings (SSSR count). The van der Waals surface area contributed by atoms with Crippen molar-refractivity contribution >= 4 is 34.9 Å². The van der Waals surface area contributed by atoms with Gasteiger partial charge in [-0.1, -0.05) is 28.3 Å². The van der Waals surface area contributed by atoms with Crippen LogP contribution in [-0.2, 0) is 4.79 Å². The standard InChI is InChI=1S/C10H12N4O2S2/c1-5-4-8(16-14-5)11-9(15)6(2)17-10-13-12-7(3)18-10/h4,6H,1-3H3,(H,11,15). The Morgan fingerprint density at radius 1 is 1.50 bits per heavy atom. The first-order valence-electron chi connectivity index (χ1n) is 5.25. The number of hydrogen-bond donors (Lipinski definition) is 1. The molecule has 2 aromatic rings. The highest BCUT2D eigenvalue weighted by Gasteiger charge is 2.18. The molecule has 1 unspecified atom stereocenters. The fourth-order valence-electron chi connectivity index (χ4n) is 1.18. The Labute approximate surface area is 112 Å². The number of amides is 1. The van der Waals surface area contributed by atoms with Crippen molar-refractivity contribution in [3.05, 3.63) is 16.8 Å². The van der Waals surface area contributed by atoms with Crippen LogP contribution in [0.3, 0.4) is 0 Å². The molecule has 0 saturated carbocycles. The van der Waals surface area contributed by atoms with Crippen LogP contribution in [0.15, 0.2) is 14.9 Å². The number of anilines is 1. The molecule has 0 aliphatic heterocycles. The molecule has 96 valence electrons. The normalized spacial score (nSPS) is 12.4. The maximum atomic E-state index is 11.9. The fraction of sp³-hybridized carbons (Fsp3) is 0.400. The van der Waals surface area contributed by atoms with Crippen LogP contribution in [0.25, 0.3) is 0 Å². The molecule has 1 atom stereocenters. The molecule has 6 nitrogen and oxygen atoms in total. The Morgan fingerprint density at radius 3 is 2.83 bits per heavy atom. The summed E-state index contributed by atoms with van der Waals surface area (Å²) in [5.74, 6) is 0.211. The largest absolute Gasteiger partial charge is 0.338 e. The third kappa shape index (κ3) is 3.30. The second kappa shape index (κ2) is 5.49. The summed E-state index contributed by atoms with van der Waals surface area (Å²) in [6.45, 7) is 5.48. The van der Waals surface area contributed by atoms with E-state index in [0.717, 1.165) is 15.0 Å². The topological polar surface area (TPSA) is 80.9 Å². The van der Waals surface area contributed by atoms with Crippen molar-refractivity contribution in [1.29, 1.82) is 0 Å². The van der Waals surface area contributed by atoms with E-state index in [1.54, 1.807) is 19.9 Å². The van der Waals surface area contributed by atoms with Gasteiger partial charge in [0, 0.05) is 6.07 Å². The van der Waals surface area contributed by atoms with E-state index >= 15 is 0 Å². The SMILES string of the molecule is Cc1cc(NC(=O)C(C)Sc2nnc(C)s2)on1. The molecule has 0 radical (unpaired) electrons. The minimum atomic E-state index is -0.275. The van der Waals surface area contributed by atoms with Gasteiger partial charge in [0.1, 0.15) is 5.01 Å². The zero-order valence-corrected chi connectivity index (χ0v) is 11.8. The van der Waals surface area contributed by atoms with Crippen LogP contribution < -0.4 is 5.32 Å². The zero-order chi connectivity index (χ0) is 13.1. The molecule has 1 N–H and O–H groups in total. The average Bonchev–Trinajstić information content (AvgIpc) is 2.88. The molecule has 18 heavy (non-hydrogen) atoms. The van der Waals surface area contributed by atoms with Crippen molar-refractivity contribution < 1.29 is 9.32 Å². The number of nitrogens with one attached hydrogen (secondary N) is 1. The summed E-state index contributed by atoms with van der Waals surface area (Å²) >= 11 is 2.84. The van der Waals surface area contributed by atoms with Gasteiger partial charge in [-0.05, 0) is 20.8 Å². The molecule has 0 aliphatic carbocycles.